The van der Waals surface area contributed by atoms with Gasteiger partial charge in [0.1, 0.15) is 0 Å². The zero-order valence-corrected chi connectivity index (χ0v) is 13.0. The Morgan fingerprint density at radius 3 is 2.86 bits per heavy atom. The van der Waals surface area contributed by atoms with E-state index in [-0.39, 0.29) is 23.5 Å². The zero-order valence-electron chi connectivity index (χ0n) is 13.0. The summed E-state index contributed by atoms with van der Waals surface area (Å²) in [4.78, 5) is 13.2. The highest BCUT2D eigenvalue weighted by molar-refractivity contribution is 5.73. The van der Waals surface area contributed by atoms with E-state index < -0.39 is 6.10 Å². The third-order valence-corrected chi connectivity index (χ3v) is 4.01. The lowest BCUT2D eigenvalue weighted by Gasteiger charge is -2.21. The summed E-state index contributed by atoms with van der Waals surface area (Å²) in [5.41, 5.74) is 0.576. The van der Waals surface area contributed by atoms with Crippen LogP contribution in [0.5, 0.6) is 5.75 Å². The van der Waals surface area contributed by atoms with E-state index in [9.17, 15) is 14.3 Å². The molecule has 122 valence electrons. The molecule has 1 aromatic rings. The number of carbonyl (C=O) groups is 1. The summed E-state index contributed by atoms with van der Waals surface area (Å²) >= 11 is 0. The average molecular weight is 310 g/mol. The van der Waals surface area contributed by atoms with Crippen LogP contribution in [0.15, 0.2) is 18.2 Å². The second-order valence-electron chi connectivity index (χ2n) is 5.66. The number of aliphatic hydroxyl groups is 1. The molecule has 6 heteroatoms. The van der Waals surface area contributed by atoms with Crippen molar-refractivity contribution in [1.29, 1.82) is 0 Å². The molecule has 0 radical (unpaired) electrons. The van der Waals surface area contributed by atoms with Crippen LogP contribution in [0.4, 0.5) is 4.39 Å². The zero-order chi connectivity index (χ0) is 16.1. The van der Waals surface area contributed by atoms with Gasteiger partial charge in [0, 0.05) is 32.1 Å². The van der Waals surface area contributed by atoms with Gasteiger partial charge in [0.2, 0.25) is 5.91 Å². The fourth-order valence-electron chi connectivity index (χ4n) is 2.81. The molecule has 0 unspecified atom stereocenters. The van der Waals surface area contributed by atoms with Gasteiger partial charge in [-0.05, 0) is 18.9 Å². The van der Waals surface area contributed by atoms with Crippen LogP contribution >= 0.6 is 0 Å². The first-order chi connectivity index (χ1) is 10.5. The van der Waals surface area contributed by atoms with Gasteiger partial charge in [0.15, 0.2) is 11.6 Å². The molecule has 1 aliphatic rings. The number of amides is 1. The molecule has 5 nitrogen and oxygen atoms in total. The first-order valence-electron chi connectivity index (χ1n) is 7.50. The standard InChI is InChI=1S/C16H23FN2O3/c1-11(20)18-13-6-8-19(9-7-14(13)21)10-12-4-3-5-15(22-2)16(12)17/h3-5,13-14,21H,6-10H2,1-2H3,(H,18,20)/t13-,14-/m0/s1. The molecule has 0 spiro atoms. The van der Waals surface area contributed by atoms with E-state index in [0.717, 1.165) is 0 Å². The van der Waals surface area contributed by atoms with Crippen molar-refractivity contribution in [2.75, 3.05) is 20.2 Å². The van der Waals surface area contributed by atoms with E-state index in [0.29, 0.717) is 38.0 Å². The van der Waals surface area contributed by atoms with Crippen LogP contribution in [0.1, 0.15) is 25.3 Å². The van der Waals surface area contributed by atoms with Gasteiger partial charge in [-0.2, -0.15) is 0 Å². The number of benzene rings is 1. The van der Waals surface area contributed by atoms with Crippen LogP contribution in [-0.2, 0) is 11.3 Å². The number of hydrogen-bond donors (Lipinski definition) is 2. The maximum absolute atomic E-state index is 14.2. The summed E-state index contributed by atoms with van der Waals surface area (Å²) in [5.74, 6) is -0.243. The molecular weight excluding hydrogens is 287 g/mol. The first kappa shape index (κ1) is 16.7. The van der Waals surface area contributed by atoms with Gasteiger partial charge in [-0.3, -0.25) is 9.69 Å². The van der Waals surface area contributed by atoms with Gasteiger partial charge in [-0.25, -0.2) is 4.39 Å². The lowest BCUT2D eigenvalue weighted by atomic mass is 10.1. The van der Waals surface area contributed by atoms with Crippen molar-refractivity contribution in [2.24, 2.45) is 0 Å². The van der Waals surface area contributed by atoms with Crippen LogP contribution in [-0.4, -0.2) is 48.3 Å². The van der Waals surface area contributed by atoms with Crippen molar-refractivity contribution in [2.45, 2.75) is 38.5 Å². The minimum atomic E-state index is -0.566. The lowest BCUT2D eigenvalue weighted by Crippen LogP contribution is -2.42. The van der Waals surface area contributed by atoms with Gasteiger partial charge >= 0.3 is 0 Å². The largest absolute Gasteiger partial charge is 0.494 e. The highest BCUT2D eigenvalue weighted by Gasteiger charge is 2.25. The Morgan fingerprint density at radius 2 is 2.18 bits per heavy atom. The minimum absolute atomic E-state index is 0.142. The van der Waals surface area contributed by atoms with Crippen molar-refractivity contribution in [3.05, 3.63) is 29.6 Å². The second kappa shape index (κ2) is 7.56. The van der Waals surface area contributed by atoms with Crippen molar-refractivity contribution in [1.82, 2.24) is 10.2 Å². The molecule has 1 amide bonds. The predicted octanol–water partition coefficient (Wildman–Crippen LogP) is 1.30. The van der Waals surface area contributed by atoms with E-state index in [1.54, 1.807) is 18.2 Å². The molecule has 1 saturated heterocycles. The Hall–Kier alpha value is -1.66. The number of ether oxygens (including phenoxy) is 1. The first-order valence-corrected chi connectivity index (χ1v) is 7.50. The molecular formula is C16H23FN2O3. The number of halogens is 1. The van der Waals surface area contributed by atoms with Gasteiger partial charge in [-0.1, -0.05) is 12.1 Å². The molecule has 0 aromatic heterocycles. The fraction of sp³-hybridized carbons (Fsp3) is 0.562. The molecule has 1 aliphatic heterocycles. The second-order valence-corrected chi connectivity index (χ2v) is 5.66. The van der Waals surface area contributed by atoms with Crippen molar-refractivity contribution in [3.63, 3.8) is 0 Å². The number of aliphatic hydroxyl groups excluding tert-OH is 1. The average Bonchev–Trinajstić information content (AvgIpc) is 2.64. The number of methoxy groups -OCH3 is 1. The smallest absolute Gasteiger partial charge is 0.217 e. The molecule has 2 N–H and O–H groups in total. The van der Waals surface area contributed by atoms with Gasteiger partial charge in [0.25, 0.3) is 0 Å². The summed E-state index contributed by atoms with van der Waals surface area (Å²) in [7, 11) is 1.45. The maximum Gasteiger partial charge on any atom is 0.217 e. The Balaban J connectivity index is 2.01. The maximum atomic E-state index is 14.2. The Bertz CT molecular complexity index is 524. The molecule has 0 bridgehead atoms. The topological polar surface area (TPSA) is 61.8 Å². The van der Waals surface area contributed by atoms with E-state index in [1.807, 2.05) is 0 Å². The van der Waals surface area contributed by atoms with Crippen molar-refractivity contribution >= 4 is 5.91 Å². The van der Waals surface area contributed by atoms with E-state index in [4.69, 9.17) is 4.74 Å². The van der Waals surface area contributed by atoms with Gasteiger partial charge < -0.3 is 15.2 Å². The quantitative estimate of drug-likeness (QED) is 0.880. The summed E-state index contributed by atoms with van der Waals surface area (Å²) in [6.45, 7) is 3.26. The number of likely N-dealkylation sites (tertiary alicyclic amines) is 1. The number of nitrogens with zero attached hydrogens (tertiary/aromatic N) is 1. The third-order valence-electron chi connectivity index (χ3n) is 4.01. The third kappa shape index (κ3) is 4.18. The molecule has 1 heterocycles. The number of hydrogen-bond acceptors (Lipinski definition) is 4. The van der Waals surface area contributed by atoms with Gasteiger partial charge in [0.05, 0.1) is 19.3 Å². The van der Waals surface area contributed by atoms with Crippen LogP contribution in [0.2, 0.25) is 0 Å². The highest BCUT2D eigenvalue weighted by Crippen LogP contribution is 2.22. The Kier molecular flexibility index (Phi) is 5.74. The minimum Gasteiger partial charge on any atom is -0.494 e. The van der Waals surface area contributed by atoms with Gasteiger partial charge in [-0.15, -0.1) is 0 Å². The molecule has 22 heavy (non-hydrogen) atoms. The summed E-state index contributed by atoms with van der Waals surface area (Å²) in [6.07, 6.45) is 0.632. The number of rotatable bonds is 4. The van der Waals surface area contributed by atoms with E-state index in [2.05, 4.69) is 10.2 Å². The van der Waals surface area contributed by atoms with Crippen LogP contribution in [0, 0.1) is 5.82 Å². The summed E-state index contributed by atoms with van der Waals surface area (Å²) in [5, 5.41) is 12.9. The monoisotopic (exact) mass is 310 g/mol. The van der Waals surface area contributed by atoms with Crippen LogP contribution in [0.3, 0.4) is 0 Å². The molecule has 0 aliphatic carbocycles. The van der Waals surface area contributed by atoms with Crippen LogP contribution in [0.25, 0.3) is 0 Å². The Morgan fingerprint density at radius 1 is 1.45 bits per heavy atom. The summed E-state index contributed by atoms with van der Waals surface area (Å²) < 4.78 is 19.2. The SMILES string of the molecule is COc1cccc(CN2CC[C@H](NC(C)=O)[C@@H](O)CC2)c1F. The molecule has 1 fully saturated rings. The normalized spacial score (nSPS) is 22.9. The van der Waals surface area contributed by atoms with Crippen LogP contribution < -0.4 is 10.1 Å². The molecule has 2 atom stereocenters. The van der Waals surface area contributed by atoms with Crippen molar-refractivity contribution in [3.8, 4) is 5.75 Å². The lowest BCUT2D eigenvalue weighted by molar-refractivity contribution is -0.120. The van der Waals surface area contributed by atoms with E-state index in [1.165, 1.54) is 14.0 Å². The summed E-state index contributed by atoms with van der Waals surface area (Å²) in [6, 6.07) is 4.87. The fourth-order valence-corrected chi connectivity index (χ4v) is 2.81. The molecule has 2 rings (SSSR count). The Labute approximate surface area is 130 Å². The number of nitrogens with one attached hydrogen (secondary N) is 1. The molecule has 0 saturated carbocycles. The van der Waals surface area contributed by atoms with Crippen molar-refractivity contribution < 1.29 is 19.0 Å². The number of carbonyl (C=O) groups excluding carboxylic acids is 1. The molecule has 1 aromatic carbocycles. The predicted molar refractivity (Wildman–Crippen MR) is 81.1 cm³/mol. The van der Waals surface area contributed by atoms with E-state index >= 15 is 0 Å². The highest BCUT2D eigenvalue weighted by atomic mass is 19.1.